The zero-order valence-electron chi connectivity index (χ0n) is 18.0. The van der Waals surface area contributed by atoms with E-state index in [9.17, 15) is 4.79 Å². The molecule has 31 heavy (non-hydrogen) atoms. The normalized spacial score (nSPS) is 23.1. The number of pyridine rings is 1. The van der Waals surface area contributed by atoms with E-state index in [-0.39, 0.29) is 5.91 Å². The lowest BCUT2D eigenvalue weighted by Gasteiger charge is -2.40. The number of nitrogens with zero attached hydrogens (tertiary/aromatic N) is 2. The first-order valence-corrected chi connectivity index (χ1v) is 11.0. The summed E-state index contributed by atoms with van der Waals surface area (Å²) >= 11 is 0. The molecule has 2 aromatic heterocycles. The van der Waals surface area contributed by atoms with E-state index < -0.39 is 0 Å². The molecule has 7 heteroatoms. The Morgan fingerprint density at radius 2 is 2.06 bits per heavy atom. The minimum Gasteiger partial charge on any atom is -0.497 e. The molecule has 3 aromatic rings. The molecule has 162 valence electrons. The average Bonchev–Trinajstić information content (AvgIpc) is 3.35. The summed E-state index contributed by atoms with van der Waals surface area (Å²) in [6.07, 6.45) is 8.13. The molecule has 0 aliphatic carbocycles. The molecule has 0 radical (unpaired) electrons. The molecular weight excluding hydrogens is 390 g/mol. The highest BCUT2D eigenvalue weighted by Gasteiger charge is 2.40. The first-order valence-electron chi connectivity index (χ1n) is 11.0. The van der Waals surface area contributed by atoms with Crippen molar-refractivity contribution in [3.8, 4) is 5.75 Å². The number of rotatable bonds is 6. The van der Waals surface area contributed by atoms with Crippen molar-refractivity contribution >= 4 is 22.6 Å². The number of aromatic nitrogens is 2. The lowest BCUT2D eigenvalue weighted by atomic mass is 9.95. The van der Waals surface area contributed by atoms with Crippen molar-refractivity contribution in [1.29, 1.82) is 0 Å². The molecule has 1 amide bonds. The van der Waals surface area contributed by atoms with Crippen LogP contribution in [0.25, 0.3) is 11.0 Å². The van der Waals surface area contributed by atoms with Crippen molar-refractivity contribution in [3.63, 3.8) is 0 Å². The van der Waals surface area contributed by atoms with Crippen molar-refractivity contribution in [1.82, 2.24) is 20.2 Å². The molecule has 0 spiro atoms. The SMILES string of the molecule is CNC(=O)c1cnc2[nH]ccc2c1NC1CC2CCC(C1)N2Cc1cccc(OC)c1. The fraction of sp³-hybridized carbons (Fsp3) is 0.417. The van der Waals surface area contributed by atoms with Crippen molar-refractivity contribution in [2.45, 2.75) is 50.4 Å². The van der Waals surface area contributed by atoms with E-state index in [1.54, 1.807) is 20.4 Å². The van der Waals surface area contributed by atoms with Crippen molar-refractivity contribution in [3.05, 3.63) is 53.9 Å². The van der Waals surface area contributed by atoms with Gasteiger partial charge >= 0.3 is 0 Å². The number of amides is 1. The Hall–Kier alpha value is -3.06. The number of fused-ring (bicyclic) bond motifs is 3. The third-order valence-corrected chi connectivity index (χ3v) is 6.79. The van der Waals surface area contributed by atoms with Crippen LogP contribution in [-0.2, 0) is 6.54 Å². The molecule has 7 nitrogen and oxygen atoms in total. The van der Waals surface area contributed by atoms with Gasteiger partial charge in [-0.05, 0) is 49.4 Å². The summed E-state index contributed by atoms with van der Waals surface area (Å²) in [5.41, 5.74) is 3.58. The Morgan fingerprint density at radius 1 is 1.26 bits per heavy atom. The van der Waals surface area contributed by atoms with Gasteiger partial charge in [0.05, 0.1) is 18.4 Å². The highest BCUT2D eigenvalue weighted by Crippen LogP contribution is 2.39. The summed E-state index contributed by atoms with van der Waals surface area (Å²) in [7, 11) is 3.37. The van der Waals surface area contributed by atoms with Crippen LogP contribution in [0.5, 0.6) is 5.75 Å². The molecule has 2 atom stereocenters. The molecule has 2 saturated heterocycles. The number of nitrogens with one attached hydrogen (secondary N) is 3. The number of H-pyrrole nitrogens is 1. The number of carbonyl (C=O) groups excluding carboxylic acids is 1. The number of methoxy groups -OCH3 is 1. The molecule has 0 saturated carbocycles. The van der Waals surface area contributed by atoms with Gasteiger partial charge in [-0.1, -0.05) is 12.1 Å². The number of hydrogen-bond acceptors (Lipinski definition) is 5. The summed E-state index contributed by atoms with van der Waals surface area (Å²) < 4.78 is 5.40. The second-order valence-electron chi connectivity index (χ2n) is 8.59. The summed E-state index contributed by atoms with van der Waals surface area (Å²) in [5, 5.41) is 7.44. The second kappa shape index (κ2) is 8.23. The Kier molecular flexibility index (Phi) is 5.28. The van der Waals surface area contributed by atoms with Gasteiger partial charge in [-0.15, -0.1) is 0 Å². The van der Waals surface area contributed by atoms with Crippen LogP contribution in [0.1, 0.15) is 41.6 Å². The molecule has 2 unspecified atom stereocenters. The molecule has 2 fully saturated rings. The van der Waals surface area contributed by atoms with Gasteiger partial charge in [-0.25, -0.2) is 4.98 Å². The molecule has 2 aliphatic rings. The third kappa shape index (κ3) is 3.74. The number of carbonyl (C=O) groups is 1. The van der Waals surface area contributed by atoms with Gasteiger partial charge in [0.25, 0.3) is 5.91 Å². The van der Waals surface area contributed by atoms with E-state index in [0.717, 1.165) is 41.9 Å². The molecule has 3 N–H and O–H groups in total. The van der Waals surface area contributed by atoms with Crippen LogP contribution in [-0.4, -0.2) is 53.1 Å². The van der Waals surface area contributed by atoms with Crippen LogP contribution < -0.4 is 15.4 Å². The van der Waals surface area contributed by atoms with Crippen LogP contribution >= 0.6 is 0 Å². The van der Waals surface area contributed by atoms with Crippen molar-refractivity contribution < 1.29 is 9.53 Å². The van der Waals surface area contributed by atoms with Crippen LogP contribution in [0.2, 0.25) is 0 Å². The van der Waals surface area contributed by atoms with E-state index >= 15 is 0 Å². The summed E-state index contributed by atoms with van der Waals surface area (Å²) in [6.45, 7) is 0.958. The van der Waals surface area contributed by atoms with E-state index in [1.165, 1.54) is 18.4 Å². The Balaban J connectivity index is 1.35. The first-order chi connectivity index (χ1) is 15.2. The maximum absolute atomic E-state index is 12.5. The Morgan fingerprint density at radius 3 is 2.81 bits per heavy atom. The number of aromatic amines is 1. The van der Waals surface area contributed by atoms with Crippen molar-refractivity contribution in [2.75, 3.05) is 19.5 Å². The molecule has 2 aliphatic heterocycles. The lowest BCUT2D eigenvalue weighted by molar-refractivity contribution is 0.0963. The molecule has 4 heterocycles. The quantitative estimate of drug-likeness (QED) is 0.569. The number of anilines is 1. The highest BCUT2D eigenvalue weighted by molar-refractivity contribution is 6.06. The monoisotopic (exact) mass is 419 g/mol. The van der Waals surface area contributed by atoms with E-state index in [2.05, 4.69) is 43.7 Å². The lowest BCUT2D eigenvalue weighted by Crippen LogP contribution is -2.46. The third-order valence-electron chi connectivity index (χ3n) is 6.79. The maximum atomic E-state index is 12.5. The van der Waals surface area contributed by atoms with E-state index in [4.69, 9.17) is 4.74 Å². The van der Waals surface area contributed by atoms with Gasteiger partial charge in [0, 0.05) is 49.5 Å². The van der Waals surface area contributed by atoms with E-state index in [0.29, 0.717) is 23.7 Å². The average molecular weight is 420 g/mol. The molecule has 2 bridgehead atoms. The smallest absolute Gasteiger partial charge is 0.254 e. The van der Waals surface area contributed by atoms with Crippen LogP contribution in [0.3, 0.4) is 0 Å². The minimum absolute atomic E-state index is 0.114. The van der Waals surface area contributed by atoms with Gasteiger partial charge in [0.15, 0.2) is 0 Å². The summed E-state index contributed by atoms with van der Waals surface area (Å²) in [6, 6.07) is 11.8. The minimum atomic E-state index is -0.114. The van der Waals surface area contributed by atoms with Gasteiger partial charge in [-0.2, -0.15) is 0 Å². The van der Waals surface area contributed by atoms with Gasteiger partial charge in [0.1, 0.15) is 11.4 Å². The van der Waals surface area contributed by atoms with Gasteiger partial charge in [0.2, 0.25) is 0 Å². The van der Waals surface area contributed by atoms with Gasteiger partial charge in [-0.3, -0.25) is 9.69 Å². The number of piperidine rings is 1. The van der Waals surface area contributed by atoms with Crippen LogP contribution in [0.15, 0.2) is 42.7 Å². The zero-order valence-corrected chi connectivity index (χ0v) is 18.0. The molecule has 5 rings (SSSR count). The fourth-order valence-corrected chi connectivity index (χ4v) is 5.31. The fourth-order valence-electron chi connectivity index (χ4n) is 5.31. The Labute approximate surface area is 182 Å². The first kappa shape index (κ1) is 19.9. The van der Waals surface area contributed by atoms with Crippen LogP contribution in [0, 0.1) is 0 Å². The standard InChI is InChI=1S/C24H29N5O2/c1-25-24(30)21-13-27-23-20(8-9-26-23)22(21)28-16-11-17-6-7-18(12-16)29(17)14-15-4-3-5-19(10-15)31-2/h3-5,8-10,13,16-18H,6-7,11-12,14H2,1-2H3,(H,25,30)(H2,26,27,28). The number of hydrogen-bond donors (Lipinski definition) is 3. The summed E-state index contributed by atoms with van der Waals surface area (Å²) in [5.74, 6) is 0.799. The Bertz CT molecular complexity index is 1080. The zero-order chi connectivity index (χ0) is 21.4. The second-order valence-corrected chi connectivity index (χ2v) is 8.59. The molecular formula is C24H29N5O2. The van der Waals surface area contributed by atoms with Gasteiger partial charge < -0.3 is 20.4 Å². The predicted molar refractivity (Wildman–Crippen MR) is 121 cm³/mol. The number of ether oxygens (including phenoxy) is 1. The maximum Gasteiger partial charge on any atom is 0.254 e. The van der Waals surface area contributed by atoms with Crippen LogP contribution in [0.4, 0.5) is 5.69 Å². The number of benzene rings is 1. The highest BCUT2D eigenvalue weighted by atomic mass is 16.5. The predicted octanol–water partition coefficient (Wildman–Crippen LogP) is 3.54. The largest absolute Gasteiger partial charge is 0.497 e. The summed E-state index contributed by atoms with van der Waals surface area (Å²) in [4.78, 5) is 22.7. The van der Waals surface area contributed by atoms with E-state index in [1.807, 2.05) is 18.3 Å². The topological polar surface area (TPSA) is 82.3 Å². The van der Waals surface area contributed by atoms with Crippen molar-refractivity contribution in [2.24, 2.45) is 0 Å². The molecule has 1 aromatic carbocycles.